The van der Waals surface area contributed by atoms with Crippen LogP contribution in [0.4, 0.5) is 0 Å². The molecule has 0 rings (SSSR count). The van der Waals surface area contributed by atoms with Gasteiger partial charge in [-0.2, -0.15) is 0 Å². The number of carbonyl (C=O) groups excluding carboxylic acids is 4. The van der Waals surface area contributed by atoms with E-state index < -0.39 is 97.5 Å². The fraction of sp³-hybridized carbons (Fsp3) is 0.952. The highest BCUT2D eigenvalue weighted by Crippen LogP contribution is 2.45. The van der Waals surface area contributed by atoms with E-state index in [4.69, 9.17) is 37.0 Å². The number of hydrogen-bond acceptors (Lipinski definition) is 15. The molecule has 0 aromatic rings. The molecule has 0 amide bonds. The van der Waals surface area contributed by atoms with Crippen molar-refractivity contribution in [2.45, 2.75) is 464 Å². The lowest BCUT2D eigenvalue weighted by Crippen LogP contribution is -2.30. The number of phosphoric ester groups is 2. The summed E-state index contributed by atoms with van der Waals surface area (Å²) in [6.45, 7) is 7.31. The Hall–Kier alpha value is -1.94. The Bertz CT molecular complexity index is 1940. The Morgan fingerprint density at radius 2 is 0.451 bits per heavy atom. The van der Waals surface area contributed by atoms with Crippen LogP contribution in [0.5, 0.6) is 0 Å². The molecule has 0 spiro atoms. The first kappa shape index (κ1) is 100. The minimum atomic E-state index is -4.96. The smallest absolute Gasteiger partial charge is 0.462 e. The molecule has 0 saturated heterocycles. The summed E-state index contributed by atoms with van der Waals surface area (Å²) in [5, 5.41) is 10.6. The number of esters is 4. The van der Waals surface area contributed by atoms with Crippen molar-refractivity contribution in [2.24, 2.45) is 5.92 Å². The van der Waals surface area contributed by atoms with Crippen molar-refractivity contribution in [1.29, 1.82) is 0 Å². The number of carbonyl (C=O) groups is 4. The molecule has 3 N–H and O–H groups in total. The monoisotopic (exact) mass is 1490 g/mol. The van der Waals surface area contributed by atoms with Crippen LogP contribution in [0.25, 0.3) is 0 Å². The predicted molar refractivity (Wildman–Crippen MR) is 418 cm³/mol. The number of aliphatic hydroxyl groups is 1. The second kappa shape index (κ2) is 75.9. The van der Waals surface area contributed by atoms with Gasteiger partial charge in [-0.25, -0.2) is 9.13 Å². The number of unbranched alkanes of at least 4 members (excludes halogenated alkanes) is 55. The molecule has 0 bridgehead atoms. The third-order valence-corrected chi connectivity index (χ3v) is 21.4. The largest absolute Gasteiger partial charge is 0.472 e. The number of hydrogen-bond donors (Lipinski definition) is 3. The van der Waals surface area contributed by atoms with Crippen LogP contribution in [0.1, 0.15) is 446 Å². The maximum Gasteiger partial charge on any atom is 0.472 e. The van der Waals surface area contributed by atoms with Crippen LogP contribution in [0.3, 0.4) is 0 Å². The summed E-state index contributed by atoms with van der Waals surface area (Å²) in [6.07, 6.45) is 68.3. The first-order valence-corrected chi connectivity index (χ1v) is 46.1. The standard InChI is InChI=1S/C83H162O17P2/c1-6-9-12-15-18-20-22-24-26-28-30-31-33-35-37-39-44-48-53-58-63-68-83(88)100-79(73-94-81(86)67-62-57-52-47-43-38-36-34-32-29-27-25-23-21-19-16-13-10-7-2)75-98-102(91,92)96-71-77(84)70-95-101(89,90)97-74-78(72-93-80(85)66-61-56-50-17-14-11-8-3)99-82(87)69-64-59-54-49-45-41-40-42-46-51-55-60-65-76(4)5/h76-79,84H,6-75H2,1-5H3,(H,89,90)(H,91,92)/t77-,78+,79+/m0/s1. The van der Waals surface area contributed by atoms with E-state index >= 15 is 0 Å². The highest BCUT2D eigenvalue weighted by Gasteiger charge is 2.30. The van der Waals surface area contributed by atoms with Crippen LogP contribution in [0.15, 0.2) is 0 Å². The first-order valence-electron chi connectivity index (χ1n) is 43.1. The molecule has 0 aliphatic heterocycles. The number of rotatable bonds is 83. The van der Waals surface area contributed by atoms with Crippen LogP contribution >= 0.6 is 15.6 Å². The SMILES string of the molecule is CCCCCCCCCCCCCCCCCCCCCCCC(=O)O[C@H](COC(=O)CCCCCCCCCCCCCCCCCCCCC)COP(=O)(O)OC[C@@H](O)COP(=O)(O)OC[C@@H](COC(=O)CCCCCCCCC)OC(=O)CCCCCCCCCCCCCCC(C)C. The predicted octanol–water partition coefficient (Wildman–Crippen LogP) is 25.2. The molecule has 0 aromatic carbocycles. The molecular weight excluding hydrogens is 1330 g/mol. The molecule has 0 aliphatic rings. The van der Waals surface area contributed by atoms with Gasteiger partial charge in [0.2, 0.25) is 0 Å². The van der Waals surface area contributed by atoms with Crippen molar-refractivity contribution in [2.75, 3.05) is 39.6 Å². The van der Waals surface area contributed by atoms with Crippen molar-refractivity contribution in [3.63, 3.8) is 0 Å². The second-order valence-electron chi connectivity index (χ2n) is 30.3. The van der Waals surface area contributed by atoms with Crippen LogP contribution in [0, 0.1) is 5.92 Å². The fourth-order valence-electron chi connectivity index (χ4n) is 12.9. The maximum absolute atomic E-state index is 13.1. The Kier molecular flexibility index (Phi) is 74.4. The summed E-state index contributed by atoms with van der Waals surface area (Å²) >= 11 is 0. The summed E-state index contributed by atoms with van der Waals surface area (Å²) in [5.74, 6) is -1.33. The van der Waals surface area contributed by atoms with Crippen LogP contribution in [-0.4, -0.2) is 96.7 Å². The summed E-state index contributed by atoms with van der Waals surface area (Å²) in [6, 6.07) is 0. The van der Waals surface area contributed by atoms with Crippen LogP contribution in [0.2, 0.25) is 0 Å². The van der Waals surface area contributed by atoms with E-state index in [-0.39, 0.29) is 25.7 Å². The van der Waals surface area contributed by atoms with E-state index in [2.05, 4.69) is 34.6 Å². The van der Waals surface area contributed by atoms with Crippen molar-refractivity contribution >= 4 is 39.5 Å². The van der Waals surface area contributed by atoms with Gasteiger partial charge >= 0.3 is 39.5 Å². The van der Waals surface area contributed by atoms with Gasteiger partial charge in [-0.15, -0.1) is 0 Å². The summed E-state index contributed by atoms with van der Waals surface area (Å²) < 4.78 is 68.7. The third kappa shape index (κ3) is 76.3. The number of aliphatic hydroxyl groups excluding tert-OH is 1. The molecule has 606 valence electrons. The molecule has 0 fully saturated rings. The average molecular weight is 1490 g/mol. The molecule has 0 heterocycles. The van der Waals surface area contributed by atoms with Gasteiger partial charge in [0.15, 0.2) is 12.2 Å². The van der Waals surface area contributed by atoms with Gasteiger partial charge < -0.3 is 33.8 Å². The van der Waals surface area contributed by atoms with Gasteiger partial charge in [0, 0.05) is 25.7 Å². The first-order chi connectivity index (χ1) is 49.5. The minimum Gasteiger partial charge on any atom is -0.462 e. The van der Waals surface area contributed by atoms with E-state index in [1.54, 1.807) is 0 Å². The molecule has 0 aliphatic carbocycles. The lowest BCUT2D eigenvalue weighted by Gasteiger charge is -2.21. The van der Waals surface area contributed by atoms with Crippen LogP contribution in [-0.2, 0) is 65.4 Å². The Morgan fingerprint density at radius 1 is 0.265 bits per heavy atom. The number of ether oxygens (including phenoxy) is 4. The lowest BCUT2D eigenvalue weighted by molar-refractivity contribution is -0.161. The van der Waals surface area contributed by atoms with Crippen molar-refractivity contribution in [3.05, 3.63) is 0 Å². The van der Waals surface area contributed by atoms with Gasteiger partial charge in [-0.05, 0) is 31.6 Å². The lowest BCUT2D eigenvalue weighted by atomic mass is 10.0. The number of phosphoric acid groups is 2. The highest BCUT2D eigenvalue weighted by atomic mass is 31.2. The zero-order valence-corrected chi connectivity index (χ0v) is 68.5. The molecule has 102 heavy (non-hydrogen) atoms. The molecule has 0 radical (unpaired) electrons. The molecule has 0 aromatic heterocycles. The molecule has 5 atom stereocenters. The van der Waals surface area contributed by atoms with E-state index in [1.165, 1.54) is 257 Å². The van der Waals surface area contributed by atoms with E-state index in [0.29, 0.717) is 25.7 Å². The Morgan fingerprint density at radius 3 is 0.667 bits per heavy atom. The topological polar surface area (TPSA) is 237 Å². The second-order valence-corrected chi connectivity index (χ2v) is 33.3. The van der Waals surface area contributed by atoms with Gasteiger partial charge in [0.05, 0.1) is 26.4 Å². The molecule has 19 heteroatoms. The fourth-order valence-corrected chi connectivity index (χ4v) is 14.5. The normalized spacial score (nSPS) is 13.8. The van der Waals surface area contributed by atoms with Gasteiger partial charge in [-0.3, -0.25) is 37.3 Å². The maximum atomic E-state index is 13.1. The van der Waals surface area contributed by atoms with Crippen molar-refractivity contribution in [3.8, 4) is 0 Å². The van der Waals surface area contributed by atoms with Crippen molar-refractivity contribution in [1.82, 2.24) is 0 Å². The Balaban J connectivity index is 5.16. The van der Waals surface area contributed by atoms with Gasteiger partial charge in [0.25, 0.3) is 0 Å². The van der Waals surface area contributed by atoms with E-state index in [0.717, 1.165) is 109 Å². The Labute approximate surface area is 626 Å². The summed E-state index contributed by atoms with van der Waals surface area (Å²) in [4.78, 5) is 72.9. The molecular formula is C83H162O17P2. The molecule has 2 unspecified atom stereocenters. The van der Waals surface area contributed by atoms with Crippen LogP contribution < -0.4 is 0 Å². The average Bonchev–Trinajstić information content (AvgIpc) is 0.912. The van der Waals surface area contributed by atoms with Crippen molar-refractivity contribution < 1.29 is 80.2 Å². The van der Waals surface area contributed by atoms with E-state index in [9.17, 15) is 43.2 Å². The van der Waals surface area contributed by atoms with E-state index in [1.807, 2.05) is 0 Å². The quantitative estimate of drug-likeness (QED) is 0.0222. The summed E-state index contributed by atoms with van der Waals surface area (Å²) in [5.41, 5.74) is 0. The minimum absolute atomic E-state index is 0.107. The highest BCUT2D eigenvalue weighted by molar-refractivity contribution is 7.47. The molecule has 17 nitrogen and oxygen atoms in total. The third-order valence-electron chi connectivity index (χ3n) is 19.5. The zero-order valence-electron chi connectivity index (χ0n) is 66.8. The zero-order chi connectivity index (χ0) is 74.8. The molecule has 0 saturated carbocycles. The van der Waals surface area contributed by atoms with Gasteiger partial charge in [-0.1, -0.05) is 394 Å². The van der Waals surface area contributed by atoms with Gasteiger partial charge in [0.1, 0.15) is 19.3 Å². The summed E-state index contributed by atoms with van der Waals surface area (Å²) in [7, 11) is -9.92.